The summed E-state index contributed by atoms with van der Waals surface area (Å²) in [6, 6.07) is 10.9. The number of phenols is 1. The Balaban J connectivity index is 2.10. The van der Waals surface area contributed by atoms with Crippen LogP contribution in [0, 0.1) is 0 Å². The van der Waals surface area contributed by atoms with Gasteiger partial charge in [0.2, 0.25) is 0 Å². The number of carbonyl (C=O) groups excluding carboxylic acids is 1. The fourth-order valence-electron chi connectivity index (χ4n) is 2.49. The SMILES string of the molecule is CC(=O)c1c(Cl)cc(CCC(C)c2cccc(O)c2)cc1Cl. The lowest BCUT2D eigenvalue weighted by atomic mass is 9.93. The summed E-state index contributed by atoms with van der Waals surface area (Å²) in [4.78, 5) is 11.5. The number of carbonyl (C=O) groups is 1. The minimum Gasteiger partial charge on any atom is -0.508 e. The molecule has 0 fully saturated rings. The van der Waals surface area contributed by atoms with Crippen LogP contribution in [0.25, 0.3) is 0 Å². The van der Waals surface area contributed by atoms with Crippen molar-refractivity contribution >= 4 is 29.0 Å². The van der Waals surface area contributed by atoms with E-state index in [1.165, 1.54) is 6.92 Å². The smallest absolute Gasteiger partial charge is 0.162 e. The molecule has 0 aliphatic heterocycles. The Bertz CT molecular complexity index is 672. The van der Waals surface area contributed by atoms with E-state index < -0.39 is 0 Å². The van der Waals surface area contributed by atoms with Gasteiger partial charge in [0.1, 0.15) is 5.75 Å². The minimum atomic E-state index is -0.130. The Morgan fingerprint density at radius 2 is 1.82 bits per heavy atom. The maximum absolute atomic E-state index is 11.5. The first kappa shape index (κ1) is 16.9. The minimum absolute atomic E-state index is 0.130. The number of phenolic OH excluding ortho intramolecular Hbond substituents is 1. The summed E-state index contributed by atoms with van der Waals surface area (Å²) in [5, 5.41) is 10.3. The van der Waals surface area contributed by atoms with Gasteiger partial charge in [-0.05, 0) is 61.1 Å². The zero-order valence-corrected chi connectivity index (χ0v) is 14.1. The molecule has 0 radical (unpaired) electrons. The molecule has 1 atom stereocenters. The first-order valence-corrected chi connectivity index (χ1v) is 7.92. The number of aryl methyl sites for hydroxylation is 1. The molecule has 2 aromatic carbocycles. The highest BCUT2D eigenvalue weighted by atomic mass is 35.5. The van der Waals surface area contributed by atoms with E-state index in [1.54, 1.807) is 24.3 Å². The molecule has 4 heteroatoms. The molecule has 0 heterocycles. The van der Waals surface area contributed by atoms with Crippen molar-refractivity contribution in [3.8, 4) is 5.75 Å². The highest BCUT2D eigenvalue weighted by Gasteiger charge is 2.13. The molecule has 1 N–H and O–H groups in total. The molecule has 0 saturated carbocycles. The molecule has 2 aromatic rings. The van der Waals surface area contributed by atoms with Crippen LogP contribution in [0.2, 0.25) is 10.0 Å². The molecule has 0 spiro atoms. The number of halogens is 2. The molecule has 2 nitrogen and oxygen atoms in total. The number of aromatic hydroxyl groups is 1. The van der Waals surface area contributed by atoms with E-state index in [2.05, 4.69) is 6.92 Å². The summed E-state index contributed by atoms with van der Waals surface area (Å²) in [5.74, 6) is 0.452. The van der Waals surface area contributed by atoms with E-state index in [1.807, 2.05) is 12.1 Å². The predicted molar refractivity (Wildman–Crippen MR) is 91.3 cm³/mol. The van der Waals surface area contributed by atoms with E-state index in [4.69, 9.17) is 23.2 Å². The monoisotopic (exact) mass is 336 g/mol. The first-order valence-electron chi connectivity index (χ1n) is 7.16. The van der Waals surface area contributed by atoms with Crippen molar-refractivity contribution in [1.82, 2.24) is 0 Å². The molecule has 2 rings (SSSR count). The molecule has 0 aliphatic carbocycles. The lowest BCUT2D eigenvalue weighted by Crippen LogP contribution is -1.99. The lowest BCUT2D eigenvalue weighted by molar-refractivity contribution is 0.101. The summed E-state index contributed by atoms with van der Waals surface area (Å²) in [6.07, 6.45) is 1.70. The Kier molecular flexibility index (Phi) is 5.49. The Morgan fingerprint density at radius 1 is 1.18 bits per heavy atom. The van der Waals surface area contributed by atoms with Crippen LogP contribution < -0.4 is 0 Å². The van der Waals surface area contributed by atoms with Crippen molar-refractivity contribution in [2.75, 3.05) is 0 Å². The van der Waals surface area contributed by atoms with Crippen LogP contribution in [0.15, 0.2) is 36.4 Å². The van der Waals surface area contributed by atoms with Gasteiger partial charge in [-0.1, -0.05) is 42.3 Å². The standard InChI is InChI=1S/C18H18Cl2O2/c1-11(14-4-3-5-15(22)10-14)6-7-13-8-16(19)18(12(2)21)17(20)9-13/h3-5,8-11,22H,6-7H2,1-2H3. The van der Waals surface area contributed by atoms with E-state index in [0.717, 1.165) is 24.0 Å². The average Bonchev–Trinajstić information content (AvgIpc) is 2.43. The molecule has 0 saturated heterocycles. The van der Waals surface area contributed by atoms with Gasteiger partial charge in [0, 0.05) is 0 Å². The molecule has 0 bridgehead atoms. The largest absolute Gasteiger partial charge is 0.508 e. The van der Waals surface area contributed by atoms with E-state index in [0.29, 0.717) is 21.5 Å². The lowest BCUT2D eigenvalue weighted by Gasteiger charge is -2.13. The van der Waals surface area contributed by atoms with Gasteiger partial charge in [-0.2, -0.15) is 0 Å². The molecular weight excluding hydrogens is 319 g/mol. The van der Waals surface area contributed by atoms with Gasteiger partial charge in [-0.3, -0.25) is 4.79 Å². The number of Topliss-reactive ketones (excluding diaryl/α,β-unsaturated/α-hetero) is 1. The third-order valence-corrected chi connectivity index (χ3v) is 4.36. The van der Waals surface area contributed by atoms with Crippen LogP contribution in [0.1, 0.15) is 47.7 Å². The zero-order chi connectivity index (χ0) is 16.3. The Morgan fingerprint density at radius 3 is 2.36 bits per heavy atom. The van der Waals surface area contributed by atoms with Gasteiger partial charge in [-0.25, -0.2) is 0 Å². The average molecular weight is 337 g/mol. The van der Waals surface area contributed by atoms with Crippen LogP contribution in [-0.4, -0.2) is 10.9 Å². The third kappa shape index (κ3) is 4.02. The second-order valence-electron chi connectivity index (χ2n) is 5.53. The van der Waals surface area contributed by atoms with Gasteiger partial charge in [-0.15, -0.1) is 0 Å². The summed E-state index contributed by atoms with van der Waals surface area (Å²) in [6.45, 7) is 3.57. The van der Waals surface area contributed by atoms with Crippen LogP contribution >= 0.6 is 23.2 Å². The van der Waals surface area contributed by atoms with E-state index in [9.17, 15) is 9.90 Å². The quantitative estimate of drug-likeness (QED) is 0.717. The maximum Gasteiger partial charge on any atom is 0.162 e. The second-order valence-corrected chi connectivity index (χ2v) is 6.34. The number of ketones is 1. The van der Waals surface area contributed by atoms with Gasteiger partial charge in [0.15, 0.2) is 5.78 Å². The molecule has 1 unspecified atom stereocenters. The molecular formula is C18H18Cl2O2. The van der Waals surface area contributed by atoms with Crippen molar-refractivity contribution < 1.29 is 9.90 Å². The second kappa shape index (κ2) is 7.17. The maximum atomic E-state index is 11.5. The van der Waals surface area contributed by atoms with Crippen LogP contribution in [0.3, 0.4) is 0 Å². The van der Waals surface area contributed by atoms with Crippen molar-refractivity contribution in [3.63, 3.8) is 0 Å². The van der Waals surface area contributed by atoms with Gasteiger partial charge >= 0.3 is 0 Å². The predicted octanol–water partition coefficient (Wildman–Crippen LogP) is 5.64. The Labute approximate surface area is 140 Å². The number of hydrogen-bond donors (Lipinski definition) is 1. The van der Waals surface area contributed by atoms with E-state index in [-0.39, 0.29) is 11.5 Å². The highest BCUT2D eigenvalue weighted by molar-refractivity contribution is 6.39. The van der Waals surface area contributed by atoms with Gasteiger partial charge < -0.3 is 5.11 Å². The summed E-state index contributed by atoms with van der Waals surface area (Å²) in [7, 11) is 0. The molecule has 0 aromatic heterocycles. The number of benzene rings is 2. The Hall–Kier alpha value is -1.51. The molecule has 0 aliphatic rings. The number of rotatable bonds is 5. The van der Waals surface area contributed by atoms with Crippen LogP contribution in [0.4, 0.5) is 0 Å². The first-order chi connectivity index (χ1) is 10.4. The molecule has 116 valence electrons. The van der Waals surface area contributed by atoms with Crippen LogP contribution in [0.5, 0.6) is 5.75 Å². The van der Waals surface area contributed by atoms with Gasteiger partial charge in [0.05, 0.1) is 15.6 Å². The molecule has 0 amide bonds. The van der Waals surface area contributed by atoms with Crippen molar-refractivity contribution in [2.45, 2.75) is 32.6 Å². The zero-order valence-electron chi connectivity index (χ0n) is 12.6. The van der Waals surface area contributed by atoms with E-state index >= 15 is 0 Å². The van der Waals surface area contributed by atoms with Crippen molar-refractivity contribution in [1.29, 1.82) is 0 Å². The fourth-order valence-corrected chi connectivity index (χ4v) is 3.29. The summed E-state index contributed by atoms with van der Waals surface area (Å²) < 4.78 is 0. The normalized spacial score (nSPS) is 12.2. The molecule has 22 heavy (non-hydrogen) atoms. The highest BCUT2D eigenvalue weighted by Crippen LogP contribution is 2.29. The van der Waals surface area contributed by atoms with Gasteiger partial charge in [0.25, 0.3) is 0 Å². The fraction of sp³-hybridized carbons (Fsp3) is 0.278. The summed E-state index contributed by atoms with van der Waals surface area (Å²) >= 11 is 12.3. The third-order valence-electron chi connectivity index (χ3n) is 3.76. The topological polar surface area (TPSA) is 37.3 Å². The van der Waals surface area contributed by atoms with Crippen LogP contribution in [-0.2, 0) is 6.42 Å². The summed E-state index contributed by atoms with van der Waals surface area (Å²) in [5.41, 5.74) is 2.48. The van der Waals surface area contributed by atoms with Crippen molar-refractivity contribution in [3.05, 3.63) is 63.1 Å². The number of hydrogen-bond acceptors (Lipinski definition) is 2. The van der Waals surface area contributed by atoms with Crippen molar-refractivity contribution in [2.24, 2.45) is 0 Å².